The van der Waals surface area contributed by atoms with Gasteiger partial charge in [-0.1, -0.05) is 18.2 Å². The Morgan fingerprint density at radius 1 is 1.39 bits per heavy atom. The number of aromatic nitrogens is 2. The zero-order valence-corrected chi connectivity index (χ0v) is 10.1. The van der Waals surface area contributed by atoms with Crippen molar-refractivity contribution in [3.63, 3.8) is 0 Å². The van der Waals surface area contributed by atoms with E-state index in [-0.39, 0.29) is 0 Å². The summed E-state index contributed by atoms with van der Waals surface area (Å²) >= 11 is 0. The average molecular weight is 238 g/mol. The molecule has 0 spiro atoms. The van der Waals surface area contributed by atoms with Crippen molar-refractivity contribution in [2.45, 2.75) is 19.5 Å². The van der Waals surface area contributed by atoms with Crippen molar-refractivity contribution in [1.29, 1.82) is 5.26 Å². The van der Waals surface area contributed by atoms with Crippen LogP contribution in [-0.4, -0.2) is 16.3 Å². The summed E-state index contributed by atoms with van der Waals surface area (Å²) in [4.78, 5) is 0. The smallest absolute Gasteiger partial charge is 0.0995 e. The van der Waals surface area contributed by atoms with Gasteiger partial charge < -0.3 is 5.32 Å². The predicted molar refractivity (Wildman–Crippen MR) is 67.9 cm³/mol. The van der Waals surface area contributed by atoms with Crippen LogP contribution in [0.1, 0.15) is 22.4 Å². The van der Waals surface area contributed by atoms with Gasteiger partial charge in [0, 0.05) is 30.8 Å². The number of fused-ring (bicyclic) bond motifs is 1. The maximum atomic E-state index is 9.10. The van der Waals surface area contributed by atoms with E-state index >= 15 is 0 Å². The molecule has 0 atom stereocenters. The fourth-order valence-corrected chi connectivity index (χ4v) is 2.38. The largest absolute Gasteiger partial charge is 0.312 e. The van der Waals surface area contributed by atoms with Crippen LogP contribution in [0.5, 0.6) is 0 Å². The van der Waals surface area contributed by atoms with E-state index in [9.17, 15) is 0 Å². The molecule has 0 amide bonds. The quantitative estimate of drug-likeness (QED) is 0.861. The summed E-state index contributed by atoms with van der Waals surface area (Å²) in [6, 6.07) is 9.94. The molecule has 4 heteroatoms. The molecule has 0 unspecified atom stereocenters. The lowest BCUT2D eigenvalue weighted by molar-refractivity contribution is 0.582. The Balaban J connectivity index is 1.93. The number of benzene rings is 1. The molecular formula is C14H14N4. The van der Waals surface area contributed by atoms with Gasteiger partial charge in [-0.25, -0.2) is 0 Å². The molecular weight excluding hydrogens is 224 g/mol. The molecule has 1 aliphatic rings. The van der Waals surface area contributed by atoms with Crippen LogP contribution in [0.3, 0.4) is 0 Å². The molecule has 18 heavy (non-hydrogen) atoms. The third-order valence-electron chi connectivity index (χ3n) is 3.35. The number of hydrogen-bond donors (Lipinski definition) is 1. The molecule has 2 heterocycles. The van der Waals surface area contributed by atoms with Crippen LogP contribution in [0.25, 0.3) is 0 Å². The Morgan fingerprint density at radius 3 is 3.17 bits per heavy atom. The van der Waals surface area contributed by atoms with Gasteiger partial charge in [-0.05, 0) is 11.6 Å². The molecule has 0 fully saturated rings. The number of rotatable bonds is 2. The van der Waals surface area contributed by atoms with E-state index in [0.717, 1.165) is 30.6 Å². The molecule has 1 N–H and O–H groups in total. The van der Waals surface area contributed by atoms with E-state index < -0.39 is 0 Å². The summed E-state index contributed by atoms with van der Waals surface area (Å²) in [5.74, 6) is 0. The van der Waals surface area contributed by atoms with Crippen molar-refractivity contribution in [3.05, 3.63) is 52.8 Å². The number of nitrogens with zero attached hydrogens (tertiary/aromatic N) is 3. The molecule has 1 aromatic carbocycles. The van der Waals surface area contributed by atoms with Crippen molar-refractivity contribution in [3.8, 4) is 6.07 Å². The van der Waals surface area contributed by atoms with Crippen LogP contribution in [0.15, 0.2) is 30.5 Å². The number of nitrogens with one attached hydrogen (secondary N) is 1. The van der Waals surface area contributed by atoms with Gasteiger partial charge >= 0.3 is 0 Å². The van der Waals surface area contributed by atoms with E-state index in [4.69, 9.17) is 5.26 Å². The van der Waals surface area contributed by atoms with Crippen LogP contribution in [0.4, 0.5) is 0 Å². The van der Waals surface area contributed by atoms with Crippen LogP contribution < -0.4 is 5.32 Å². The summed E-state index contributed by atoms with van der Waals surface area (Å²) in [6.07, 6.45) is 2.93. The van der Waals surface area contributed by atoms with E-state index in [1.807, 2.05) is 35.1 Å². The molecule has 90 valence electrons. The monoisotopic (exact) mass is 238 g/mol. The maximum absolute atomic E-state index is 9.10. The minimum absolute atomic E-state index is 0.680. The van der Waals surface area contributed by atoms with Crippen LogP contribution in [0, 0.1) is 11.3 Å². The molecule has 3 rings (SSSR count). The van der Waals surface area contributed by atoms with Gasteiger partial charge in [0.25, 0.3) is 0 Å². The molecule has 1 aromatic heterocycles. The Labute approximate surface area is 106 Å². The topological polar surface area (TPSA) is 53.6 Å². The third-order valence-corrected chi connectivity index (χ3v) is 3.35. The van der Waals surface area contributed by atoms with Gasteiger partial charge in [-0.15, -0.1) is 0 Å². The van der Waals surface area contributed by atoms with Gasteiger partial charge in [0.15, 0.2) is 0 Å². The van der Waals surface area contributed by atoms with Gasteiger partial charge in [0.2, 0.25) is 0 Å². The van der Waals surface area contributed by atoms with Crippen molar-refractivity contribution < 1.29 is 0 Å². The minimum atomic E-state index is 0.680. The Hall–Kier alpha value is -2.12. The first-order chi connectivity index (χ1) is 8.88. The summed E-state index contributed by atoms with van der Waals surface area (Å²) in [5.41, 5.74) is 4.33. The second-order valence-electron chi connectivity index (χ2n) is 4.47. The lowest BCUT2D eigenvalue weighted by Gasteiger charge is -2.15. The van der Waals surface area contributed by atoms with Crippen molar-refractivity contribution >= 4 is 0 Å². The highest BCUT2D eigenvalue weighted by molar-refractivity contribution is 5.37. The summed E-state index contributed by atoms with van der Waals surface area (Å²) in [6.45, 7) is 2.58. The van der Waals surface area contributed by atoms with Crippen LogP contribution in [0.2, 0.25) is 0 Å². The predicted octanol–water partition coefficient (Wildman–Crippen LogP) is 1.45. The molecule has 0 saturated heterocycles. The van der Waals surface area contributed by atoms with Crippen molar-refractivity contribution in [1.82, 2.24) is 15.1 Å². The van der Waals surface area contributed by atoms with Gasteiger partial charge in [0.1, 0.15) is 0 Å². The highest BCUT2D eigenvalue weighted by atomic mass is 15.3. The molecule has 0 aliphatic carbocycles. The molecule has 0 bridgehead atoms. The van der Waals surface area contributed by atoms with E-state index in [0.29, 0.717) is 6.54 Å². The molecule has 4 nitrogen and oxygen atoms in total. The third kappa shape index (κ3) is 1.89. The zero-order chi connectivity index (χ0) is 12.4. The molecule has 2 aromatic rings. The number of hydrogen-bond acceptors (Lipinski definition) is 3. The molecule has 0 radical (unpaired) electrons. The Bertz CT molecular complexity index is 606. The fourth-order valence-electron chi connectivity index (χ4n) is 2.38. The summed E-state index contributed by atoms with van der Waals surface area (Å²) < 4.78 is 2.02. The van der Waals surface area contributed by atoms with E-state index in [1.54, 1.807) is 0 Å². The first kappa shape index (κ1) is 11.0. The van der Waals surface area contributed by atoms with Gasteiger partial charge in [-0.2, -0.15) is 10.4 Å². The summed E-state index contributed by atoms with van der Waals surface area (Å²) in [5, 5.41) is 16.9. The summed E-state index contributed by atoms with van der Waals surface area (Å²) in [7, 11) is 0. The van der Waals surface area contributed by atoms with Crippen molar-refractivity contribution in [2.24, 2.45) is 0 Å². The Kier molecular flexibility index (Phi) is 2.83. The standard InChI is InChI=1S/C14H14N4/c15-7-11-3-1-2-4-12(11)10-18-14-5-6-16-8-13(14)9-17-18/h1-4,9,16H,5-6,8,10H2. The van der Waals surface area contributed by atoms with Crippen LogP contribution in [-0.2, 0) is 19.5 Å². The van der Waals surface area contributed by atoms with E-state index in [2.05, 4.69) is 16.5 Å². The molecule has 1 aliphatic heterocycles. The van der Waals surface area contributed by atoms with Gasteiger partial charge in [0.05, 0.1) is 24.4 Å². The van der Waals surface area contributed by atoms with E-state index in [1.165, 1.54) is 11.3 Å². The minimum Gasteiger partial charge on any atom is -0.312 e. The normalized spacial score (nSPS) is 13.9. The Morgan fingerprint density at radius 2 is 2.28 bits per heavy atom. The first-order valence-corrected chi connectivity index (χ1v) is 6.11. The lowest BCUT2D eigenvalue weighted by Crippen LogP contribution is -2.24. The lowest BCUT2D eigenvalue weighted by atomic mass is 10.1. The second-order valence-corrected chi connectivity index (χ2v) is 4.47. The maximum Gasteiger partial charge on any atom is 0.0995 e. The van der Waals surface area contributed by atoms with Crippen LogP contribution >= 0.6 is 0 Å². The zero-order valence-electron chi connectivity index (χ0n) is 10.1. The van der Waals surface area contributed by atoms with Gasteiger partial charge in [-0.3, -0.25) is 4.68 Å². The average Bonchev–Trinajstić information content (AvgIpc) is 2.83. The SMILES string of the molecule is N#Cc1ccccc1Cn1ncc2c1CCNC2. The fraction of sp³-hybridized carbons (Fsp3) is 0.286. The highest BCUT2D eigenvalue weighted by Crippen LogP contribution is 2.16. The highest BCUT2D eigenvalue weighted by Gasteiger charge is 2.15. The first-order valence-electron chi connectivity index (χ1n) is 6.11. The number of nitriles is 1. The van der Waals surface area contributed by atoms with Crippen molar-refractivity contribution in [2.75, 3.05) is 6.54 Å². The molecule has 0 saturated carbocycles. The second kappa shape index (κ2) is 4.63.